The highest BCUT2D eigenvalue weighted by atomic mass is 16.6. The van der Waals surface area contributed by atoms with Gasteiger partial charge in [-0.15, -0.1) is 0 Å². The minimum absolute atomic E-state index is 0.208. The van der Waals surface area contributed by atoms with Crippen LogP contribution in [0.15, 0.2) is 0 Å². The summed E-state index contributed by atoms with van der Waals surface area (Å²) in [6.45, 7) is 8.41. The molecule has 0 bridgehead atoms. The number of nitrogens with zero attached hydrogens (tertiary/aromatic N) is 1. The number of nitrogens with one attached hydrogen (secondary N) is 1. The lowest BCUT2D eigenvalue weighted by Crippen LogP contribution is -2.60. The van der Waals surface area contributed by atoms with E-state index in [0.29, 0.717) is 6.54 Å². The van der Waals surface area contributed by atoms with E-state index < -0.39 is 17.5 Å². The number of carboxylic acid groups (broad SMARTS) is 2. The molecule has 0 spiro atoms. The molecule has 35 heavy (non-hydrogen) atoms. The molecule has 1 fully saturated rings. The molecule has 8 nitrogen and oxygen atoms in total. The van der Waals surface area contributed by atoms with Crippen molar-refractivity contribution in [2.45, 2.75) is 135 Å². The molecule has 1 aliphatic heterocycles. The zero-order valence-electron chi connectivity index (χ0n) is 22.4. The Bertz CT molecular complexity index is 634. The summed E-state index contributed by atoms with van der Waals surface area (Å²) in [6, 6.07) is 0. The molecule has 1 saturated heterocycles. The van der Waals surface area contributed by atoms with Crippen molar-refractivity contribution in [1.82, 2.24) is 10.2 Å². The SMILES string of the molecule is CC(C)(C)OC(=O)NCCCC1(CCCCCCCC(=O)O)CCN1CCCCCCCC(=O)O. The first-order chi connectivity index (χ1) is 16.5. The second-order valence-corrected chi connectivity index (χ2v) is 11.1. The molecule has 0 aliphatic carbocycles. The Balaban J connectivity index is 2.41. The van der Waals surface area contributed by atoms with Gasteiger partial charge in [-0.3, -0.25) is 14.5 Å². The number of aliphatic carboxylic acids is 2. The molecule has 0 aromatic carbocycles. The first-order valence-corrected chi connectivity index (χ1v) is 13.7. The van der Waals surface area contributed by atoms with Gasteiger partial charge in [-0.2, -0.15) is 0 Å². The minimum Gasteiger partial charge on any atom is -0.481 e. The van der Waals surface area contributed by atoms with Gasteiger partial charge in [0.2, 0.25) is 0 Å². The van der Waals surface area contributed by atoms with Crippen molar-refractivity contribution < 1.29 is 29.3 Å². The smallest absolute Gasteiger partial charge is 0.407 e. The van der Waals surface area contributed by atoms with E-state index in [-0.39, 0.29) is 24.5 Å². The lowest BCUT2D eigenvalue weighted by molar-refractivity contribution is -0.138. The number of amides is 1. The highest BCUT2D eigenvalue weighted by molar-refractivity contribution is 5.67. The standard InChI is InChI=1S/C27H50N2O6/c1-26(2,3)35-25(34)28-20-14-18-27(17-12-8-4-6-10-15-23(30)31)19-22-29(27)21-13-9-5-7-11-16-24(32)33/h4-22H2,1-3H3,(H,28,34)(H,30,31)(H,32,33). The molecule has 1 heterocycles. The number of hydrogen-bond donors (Lipinski definition) is 3. The van der Waals surface area contributed by atoms with Crippen molar-refractivity contribution in [3.63, 3.8) is 0 Å². The van der Waals surface area contributed by atoms with Crippen LogP contribution >= 0.6 is 0 Å². The van der Waals surface area contributed by atoms with Crippen LogP contribution < -0.4 is 5.32 Å². The number of ether oxygens (including phenoxy) is 1. The second kappa shape index (κ2) is 16.8. The summed E-state index contributed by atoms with van der Waals surface area (Å²) < 4.78 is 5.33. The maximum absolute atomic E-state index is 11.9. The Morgan fingerprint density at radius 2 is 1.31 bits per heavy atom. The molecule has 8 heteroatoms. The van der Waals surface area contributed by atoms with E-state index >= 15 is 0 Å². The number of hydrogen-bond acceptors (Lipinski definition) is 5. The average Bonchev–Trinajstić information content (AvgIpc) is 2.73. The molecule has 0 saturated carbocycles. The van der Waals surface area contributed by atoms with Crippen LogP contribution in [0, 0.1) is 0 Å². The molecule has 1 atom stereocenters. The molecule has 1 unspecified atom stereocenters. The molecule has 3 N–H and O–H groups in total. The highest BCUT2D eigenvalue weighted by Crippen LogP contribution is 2.40. The molecular weight excluding hydrogens is 448 g/mol. The van der Waals surface area contributed by atoms with Gasteiger partial charge in [0.25, 0.3) is 0 Å². The largest absolute Gasteiger partial charge is 0.481 e. The van der Waals surface area contributed by atoms with Gasteiger partial charge in [0.15, 0.2) is 0 Å². The topological polar surface area (TPSA) is 116 Å². The fourth-order valence-corrected chi connectivity index (χ4v) is 4.92. The normalized spacial score (nSPS) is 18.1. The predicted octanol–water partition coefficient (Wildman–Crippen LogP) is 5.98. The molecule has 1 aliphatic rings. The number of carbonyl (C=O) groups is 3. The van der Waals surface area contributed by atoms with Gasteiger partial charge in [-0.25, -0.2) is 4.79 Å². The molecule has 0 aromatic rings. The van der Waals surface area contributed by atoms with Crippen LogP contribution in [-0.2, 0) is 14.3 Å². The van der Waals surface area contributed by atoms with Crippen molar-refractivity contribution in [1.29, 1.82) is 0 Å². The van der Waals surface area contributed by atoms with Crippen LogP contribution in [0.3, 0.4) is 0 Å². The summed E-state index contributed by atoms with van der Waals surface area (Å²) in [6.07, 6.45) is 14.7. The minimum atomic E-state index is -0.712. The van der Waals surface area contributed by atoms with Gasteiger partial charge in [-0.05, 0) is 72.3 Å². The van der Waals surface area contributed by atoms with Gasteiger partial charge >= 0.3 is 18.0 Å². The van der Waals surface area contributed by atoms with E-state index in [2.05, 4.69) is 10.2 Å². The third-order valence-electron chi connectivity index (χ3n) is 6.86. The van der Waals surface area contributed by atoms with E-state index in [4.69, 9.17) is 14.9 Å². The molecule has 0 radical (unpaired) electrons. The first-order valence-electron chi connectivity index (χ1n) is 13.7. The third kappa shape index (κ3) is 15.0. The van der Waals surface area contributed by atoms with Gasteiger partial charge in [0.05, 0.1) is 0 Å². The molecular formula is C27H50N2O6. The predicted molar refractivity (Wildman–Crippen MR) is 138 cm³/mol. The van der Waals surface area contributed by atoms with Gasteiger partial charge in [0, 0.05) is 31.5 Å². The quantitative estimate of drug-likeness (QED) is 0.177. The van der Waals surface area contributed by atoms with Gasteiger partial charge in [-0.1, -0.05) is 44.9 Å². The Morgan fingerprint density at radius 3 is 1.83 bits per heavy atom. The van der Waals surface area contributed by atoms with E-state index in [1.165, 1.54) is 6.42 Å². The molecule has 204 valence electrons. The first kappa shape index (κ1) is 31.2. The fraction of sp³-hybridized carbons (Fsp3) is 0.889. The lowest BCUT2D eigenvalue weighted by atomic mass is 9.76. The van der Waals surface area contributed by atoms with Crippen LogP contribution in [0.5, 0.6) is 0 Å². The summed E-state index contributed by atoms with van der Waals surface area (Å²) in [5.41, 5.74) is -0.284. The summed E-state index contributed by atoms with van der Waals surface area (Å²) >= 11 is 0. The summed E-state index contributed by atoms with van der Waals surface area (Å²) in [4.78, 5) is 35.9. The third-order valence-corrected chi connectivity index (χ3v) is 6.86. The van der Waals surface area contributed by atoms with Crippen LogP contribution in [0.4, 0.5) is 4.79 Å². The van der Waals surface area contributed by atoms with Crippen LogP contribution in [-0.4, -0.2) is 63.9 Å². The second-order valence-electron chi connectivity index (χ2n) is 11.1. The number of alkyl carbamates (subject to hydrolysis) is 1. The van der Waals surface area contributed by atoms with Crippen molar-refractivity contribution in [2.24, 2.45) is 0 Å². The van der Waals surface area contributed by atoms with E-state index in [9.17, 15) is 14.4 Å². The van der Waals surface area contributed by atoms with Crippen molar-refractivity contribution in [3.05, 3.63) is 0 Å². The maximum atomic E-state index is 11.9. The Kier molecular flexibility index (Phi) is 15.0. The lowest BCUT2D eigenvalue weighted by Gasteiger charge is -2.54. The number of carbonyl (C=O) groups excluding carboxylic acids is 1. The Hall–Kier alpha value is -1.83. The Labute approximate surface area is 212 Å². The molecule has 1 rings (SSSR count). The fourth-order valence-electron chi connectivity index (χ4n) is 4.92. The number of carboxylic acids is 2. The van der Waals surface area contributed by atoms with Crippen molar-refractivity contribution in [2.75, 3.05) is 19.6 Å². The van der Waals surface area contributed by atoms with Crippen LogP contribution in [0.1, 0.15) is 124 Å². The molecule has 0 aromatic heterocycles. The van der Waals surface area contributed by atoms with Crippen LogP contribution in [0.25, 0.3) is 0 Å². The van der Waals surface area contributed by atoms with Crippen molar-refractivity contribution >= 4 is 18.0 Å². The number of rotatable bonds is 20. The zero-order valence-corrected chi connectivity index (χ0v) is 22.4. The van der Waals surface area contributed by atoms with Crippen LogP contribution in [0.2, 0.25) is 0 Å². The molecule has 1 amide bonds. The average molecular weight is 499 g/mol. The monoisotopic (exact) mass is 498 g/mol. The summed E-state index contributed by atoms with van der Waals surface area (Å²) in [5.74, 6) is -1.42. The number of unbranched alkanes of at least 4 members (excludes halogenated alkanes) is 8. The van der Waals surface area contributed by atoms with Gasteiger partial charge in [0.1, 0.15) is 5.60 Å². The van der Waals surface area contributed by atoms with Crippen molar-refractivity contribution in [3.8, 4) is 0 Å². The van der Waals surface area contributed by atoms with Gasteiger partial charge < -0.3 is 20.3 Å². The van der Waals surface area contributed by atoms with E-state index in [0.717, 1.165) is 96.6 Å². The maximum Gasteiger partial charge on any atom is 0.407 e. The highest BCUT2D eigenvalue weighted by Gasteiger charge is 2.42. The Morgan fingerprint density at radius 1 is 0.800 bits per heavy atom. The van der Waals surface area contributed by atoms with E-state index in [1.54, 1.807) is 0 Å². The summed E-state index contributed by atoms with van der Waals surface area (Å²) in [5, 5.41) is 20.4. The number of likely N-dealkylation sites (tertiary alicyclic amines) is 1. The summed E-state index contributed by atoms with van der Waals surface area (Å²) in [7, 11) is 0. The zero-order chi connectivity index (χ0) is 26.2. The van der Waals surface area contributed by atoms with E-state index in [1.807, 2.05) is 20.8 Å².